The van der Waals surface area contributed by atoms with Gasteiger partial charge in [-0.2, -0.15) is 0 Å². The van der Waals surface area contributed by atoms with Gasteiger partial charge in [0.25, 0.3) is 0 Å². The van der Waals surface area contributed by atoms with E-state index in [9.17, 15) is 4.79 Å². The van der Waals surface area contributed by atoms with Crippen LogP contribution in [-0.4, -0.2) is 6.29 Å². The Morgan fingerprint density at radius 1 is 1.38 bits per heavy atom. The van der Waals surface area contributed by atoms with E-state index in [0.717, 1.165) is 19.1 Å². The van der Waals surface area contributed by atoms with Crippen molar-refractivity contribution in [2.45, 2.75) is 26.7 Å². The predicted octanol–water partition coefficient (Wildman–Crippen LogP) is 1.62. The largest absolute Gasteiger partial charge is 0.303 e. The van der Waals surface area contributed by atoms with Crippen LogP contribution in [0.25, 0.3) is 0 Å². The van der Waals surface area contributed by atoms with E-state index in [-0.39, 0.29) is 22.4 Å². The van der Waals surface area contributed by atoms with Crippen molar-refractivity contribution in [2.24, 2.45) is 5.92 Å². The van der Waals surface area contributed by atoms with Gasteiger partial charge in [0, 0.05) is 28.3 Å². The van der Waals surface area contributed by atoms with E-state index < -0.39 is 0 Å². The molecule has 0 aromatic rings. The monoisotopic (exact) mass is 297 g/mol. The van der Waals surface area contributed by atoms with E-state index in [4.69, 9.17) is 0 Å². The minimum Gasteiger partial charge on any atom is -0.303 e. The van der Waals surface area contributed by atoms with Gasteiger partial charge in [0.05, 0.1) is 0 Å². The Labute approximate surface area is 66.4 Å². The minimum absolute atomic E-state index is 0. The van der Waals surface area contributed by atoms with E-state index in [1.54, 1.807) is 0 Å². The molecule has 0 amide bonds. The first kappa shape index (κ1) is 11.2. The number of aldehydes is 1. The van der Waals surface area contributed by atoms with Crippen LogP contribution in [0.15, 0.2) is 0 Å². The van der Waals surface area contributed by atoms with E-state index in [1.165, 1.54) is 0 Å². The number of hydrogen-bond acceptors (Lipinski definition) is 1. The second kappa shape index (κ2) is 7.41. The molecule has 0 unspecified atom stereocenters. The second-order valence-corrected chi connectivity index (χ2v) is 1.71. The van der Waals surface area contributed by atoms with Crippen LogP contribution in [0.2, 0.25) is 0 Å². The van der Waals surface area contributed by atoms with Gasteiger partial charge < -0.3 is 4.79 Å². The zero-order chi connectivity index (χ0) is 5.70. The molecule has 0 aromatic heterocycles. The van der Waals surface area contributed by atoms with Crippen LogP contribution in [0, 0.1) is 5.92 Å². The van der Waals surface area contributed by atoms with Gasteiger partial charge in [-0.05, 0) is 12.8 Å². The maximum absolute atomic E-state index is 9.97. The molecule has 2 heteroatoms. The summed E-state index contributed by atoms with van der Waals surface area (Å²) in [5.74, 6) is 0.306. The molecule has 0 saturated heterocycles. The molecular formula is C6H12AuO. The van der Waals surface area contributed by atoms with Crippen molar-refractivity contribution < 1.29 is 27.2 Å². The summed E-state index contributed by atoms with van der Waals surface area (Å²) in [6, 6.07) is 0. The molecule has 8 heavy (non-hydrogen) atoms. The Hall–Kier alpha value is 0.410. The van der Waals surface area contributed by atoms with Crippen LogP contribution < -0.4 is 0 Å². The van der Waals surface area contributed by atoms with Crippen molar-refractivity contribution in [2.75, 3.05) is 0 Å². The SMILES string of the molecule is CCC(C=O)CC.[Au]. The van der Waals surface area contributed by atoms with Gasteiger partial charge in [0.15, 0.2) is 0 Å². The molecule has 0 aliphatic heterocycles. The first-order valence-corrected chi connectivity index (χ1v) is 2.80. The number of rotatable bonds is 3. The summed E-state index contributed by atoms with van der Waals surface area (Å²) in [7, 11) is 0. The molecule has 0 aliphatic rings. The molecule has 53 valence electrons. The van der Waals surface area contributed by atoms with Gasteiger partial charge in [0.1, 0.15) is 6.29 Å². The Kier molecular flexibility index (Phi) is 10.4. The normalized spacial score (nSPS) is 8.38. The van der Waals surface area contributed by atoms with Crippen molar-refractivity contribution >= 4 is 6.29 Å². The first-order chi connectivity index (χ1) is 3.35. The first-order valence-electron chi connectivity index (χ1n) is 2.80. The zero-order valence-electron chi connectivity index (χ0n) is 5.28. The maximum Gasteiger partial charge on any atom is 0.123 e. The van der Waals surface area contributed by atoms with Crippen LogP contribution >= 0.6 is 0 Å². The van der Waals surface area contributed by atoms with E-state index in [1.807, 2.05) is 13.8 Å². The number of carbonyl (C=O) groups excluding carboxylic acids is 1. The van der Waals surface area contributed by atoms with Gasteiger partial charge in [-0.3, -0.25) is 0 Å². The Balaban J connectivity index is 0. The van der Waals surface area contributed by atoms with Gasteiger partial charge >= 0.3 is 0 Å². The summed E-state index contributed by atoms with van der Waals surface area (Å²) in [4.78, 5) is 9.97. The zero-order valence-corrected chi connectivity index (χ0v) is 7.45. The molecule has 1 nitrogen and oxygen atoms in total. The average molecular weight is 297 g/mol. The standard InChI is InChI=1S/C6H12O.Au/c1-3-6(4-2)5-7;/h5-6H,3-4H2,1-2H3;. The summed E-state index contributed by atoms with van der Waals surface area (Å²) in [6.45, 7) is 4.06. The molecule has 0 aliphatic carbocycles. The molecule has 0 aromatic carbocycles. The topological polar surface area (TPSA) is 17.1 Å². The molecule has 0 bridgehead atoms. The van der Waals surface area contributed by atoms with E-state index >= 15 is 0 Å². The van der Waals surface area contributed by atoms with E-state index in [0.29, 0.717) is 5.92 Å². The quantitative estimate of drug-likeness (QED) is 0.571. The van der Waals surface area contributed by atoms with Crippen LogP contribution in [0.3, 0.4) is 0 Å². The summed E-state index contributed by atoms with van der Waals surface area (Å²) in [5, 5.41) is 0. The summed E-state index contributed by atoms with van der Waals surface area (Å²) < 4.78 is 0. The molecule has 0 fully saturated rings. The number of hydrogen-bond donors (Lipinski definition) is 0. The van der Waals surface area contributed by atoms with Crippen molar-refractivity contribution in [3.05, 3.63) is 0 Å². The van der Waals surface area contributed by atoms with Crippen LogP contribution in [-0.2, 0) is 27.2 Å². The minimum atomic E-state index is 0. The Morgan fingerprint density at radius 2 is 1.75 bits per heavy atom. The fourth-order valence-corrected chi connectivity index (χ4v) is 0.481. The molecular weight excluding hydrogens is 285 g/mol. The van der Waals surface area contributed by atoms with Gasteiger partial charge in [-0.15, -0.1) is 0 Å². The fraction of sp³-hybridized carbons (Fsp3) is 0.833. The maximum atomic E-state index is 9.97. The summed E-state index contributed by atoms with van der Waals surface area (Å²) in [6.07, 6.45) is 3.00. The second-order valence-electron chi connectivity index (χ2n) is 1.71. The Bertz CT molecular complexity index is 50.5. The van der Waals surface area contributed by atoms with E-state index in [2.05, 4.69) is 0 Å². The Morgan fingerprint density at radius 3 is 1.75 bits per heavy atom. The molecule has 0 spiro atoms. The third kappa shape index (κ3) is 4.57. The van der Waals surface area contributed by atoms with Crippen LogP contribution in [0.5, 0.6) is 0 Å². The molecule has 0 heterocycles. The van der Waals surface area contributed by atoms with Gasteiger partial charge in [0.2, 0.25) is 0 Å². The summed E-state index contributed by atoms with van der Waals surface area (Å²) in [5.41, 5.74) is 0. The number of carbonyl (C=O) groups is 1. The molecule has 0 N–H and O–H groups in total. The average Bonchev–Trinajstić information content (AvgIpc) is 1.72. The smallest absolute Gasteiger partial charge is 0.123 e. The predicted molar refractivity (Wildman–Crippen MR) is 30.1 cm³/mol. The summed E-state index contributed by atoms with van der Waals surface area (Å²) >= 11 is 0. The fourth-order valence-electron chi connectivity index (χ4n) is 0.481. The molecule has 1 radical (unpaired) electrons. The van der Waals surface area contributed by atoms with Gasteiger partial charge in [-0.25, -0.2) is 0 Å². The third-order valence-electron chi connectivity index (χ3n) is 1.24. The van der Waals surface area contributed by atoms with Crippen molar-refractivity contribution in [3.8, 4) is 0 Å². The molecule has 0 atom stereocenters. The molecule has 0 rings (SSSR count). The van der Waals surface area contributed by atoms with Crippen LogP contribution in [0.4, 0.5) is 0 Å². The third-order valence-corrected chi connectivity index (χ3v) is 1.24. The molecule has 0 saturated carbocycles. The van der Waals surface area contributed by atoms with Crippen molar-refractivity contribution in [1.29, 1.82) is 0 Å². The van der Waals surface area contributed by atoms with Gasteiger partial charge in [-0.1, -0.05) is 13.8 Å². The van der Waals surface area contributed by atoms with Crippen molar-refractivity contribution in [3.63, 3.8) is 0 Å². The van der Waals surface area contributed by atoms with Crippen molar-refractivity contribution in [1.82, 2.24) is 0 Å². The van der Waals surface area contributed by atoms with Crippen LogP contribution in [0.1, 0.15) is 26.7 Å².